The number of nitrogens with zero attached hydrogens (tertiary/aromatic N) is 3. The van der Waals surface area contributed by atoms with Crippen molar-refractivity contribution in [2.75, 3.05) is 37.6 Å². The van der Waals surface area contributed by atoms with E-state index in [1.54, 1.807) is 25.7 Å². The Balaban J connectivity index is 1.70. The van der Waals surface area contributed by atoms with Gasteiger partial charge in [-0.2, -0.15) is 13.2 Å². The third-order valence-corrected chi connectivity index (χ3v) is 4.80. The third-order valence-electron chi connectivity index (χ3n) is 4.80. The number of hydrogen-bond donors (Lipinski definition) is 0. The molecule has 0 N–H and O–H groups in total. The summed E-state index contributed by atoms with van der Waals surface area (Å²) in [7, 11) is 0. The van der Waals surface area contributed by atoms with Crippen molar-refractivity contribution in [2.45, 2.75) is 38.6 Å². The van der Waals surface area contributed by atoms with E-state index in [9.17, 15) is 22.8 Å². The maximum Gasteiger partial charge on any atom is 0.416 e. The van der Waals surface area contributed by atoms with Crippen LogP contribution in [-0.4, -0.2) is 66.2 Å². The van der Waals surface area contributed by atoms with Gasteiger partial charge in [-0.3, -0.25) is 9.69 Å². The average molecular weight is 399 g/mol. The topological polar surface area (TPSA) is 53.1 Å². The number of benzene rings is 1. The van der Waals surface area contributed by atoms with Crippen molar-refractivity contribution < 1.29 is 27.5 Å². The zero-order valence-corrected chi connectivity index (χ0v) is 16.1. The number of anilines is 1. The first-order valence-electron chi connectivity index (χ1n) is 9.14. The van der Waals surface area contributed by atoms with E-state index < -0.39 is 23.4 Å². The molecule has 0 saturated carbocycles. The molecule has 6 nitrogen and oxygen atoms in total. The molecule has 0 bridgehead atoms. The van der Waals surface area contributed by atoms with Gasteiger partial charge in [-0.1, -0.05) is 0 Å². The molecule has 3 rings (SSSR count). The lowest BCUT2D eigenvalue weighted by Gasteiger charge is -2.46. The van der Waals surface area contributed by atoms with Crippen LogP contribution >= 0.6 is 0 Å². The molecule has 28 heavy (non-hydrogen) atoms. The maximum atomic E-state index is 12.8. The van der Waals surface area contributed by atoms with Crippen LogP contribution in [0.2, 0.25) is 0 Å². The molecule has 2 saturated heterocycles. The predicted octanol–water partition coefficient (Wildman–Crippen LogP) is 2.97. The van der Waals surface area contributed by atoms with E-state index in [-0.39, 0.29) is 18.5 Å². The van der Waals surface area contributed by atoms with Gasteiger partial charge in [0.05, 0.1) is 12.1 Å². The second-order valence-electron chi connectivity index (χ2n) is 8.10. The Morgan fingerprint density at radius 2 is 1.71 bits per heavy atom. The second kappa shape index (κ2) is 7.27. The predicted molar refractivity (Wildman–Crippen MR) is 97.0 cm³/mol. The van der Waals surface area contributed by atoms with Gasteiger partial charge in [0.15, 0.2) is 0 Å². The summed E-state index contributed by atoms with van der Waals surface area (Å²) in [4.78, 5) is 29.9. The quantitative estimate of drug-likeness (QED) is 0.729. The van der Waals surface area contributed by atoms with Crippen molar-refractivity contribution in [2.24, 2.45) is 0 Å². The molecule has 154 valence electrons. The fourth-order valence-electron chi connectivity index (χ4n) is 3.42. The van der Waals surface area contributed by atoms with Crippen molar-refractivity contribution in [3.8, 4) is 0 Å². The number of carbonyl (C=O) groups is 2. The number of hydrogen-bond acceptors (Lipinski definition) is 4. The lowest BCUT2D eigenvalue weighted by molar-refractivity contribution is -0.137. The first-order chi connectivity index (χ1) is 12.9. The zero-order chi connectivity index (χ0) is 20.7. The minimum atomic E-state index is -4.42. The van der Waals surface area contributed by atoms with Crippen LogP contribution in [0.15, 0.2) is 24.3 Å². The number of amides is 2. The molecule has 2 aliphatic rings. The SMILES string of the molecule is CC(C)(C)OC(=O)N1CCN2CC(=O)N(c3ccc(C(F)(F)F)cc3)CC2C1. The van der Waals surface area contributed by atoms with Crippen LogP contribution in [0.1, 0.15) is 26.3 Å². The zero-order valence-electron chi connectivity index (χ0n) is 16.1. The molecule has 9 heteroatoms. The van der Waals surface area contributed by atoms with Gasteiger partial charge in [-0.25, -0.2) is 4.79 Å². The van der Waals surface area contributed by atoms with Crippen molar-refractivity contribution in [1.29, 1.82) is 0 Å². The molecule has 1 aromatic rings. The normalized spacial score (nSPS) is 21.5. The highest BCUT2D eigenvalue weighted by molar-refractivity contribution is 5.95. The summed E-state index contributed by atoms with van der Waals surface area (Å²) in [6.45, 7) is 7.30. The standard InChI is InChI=1S/C19H24F3N3O3/c1-18(2,3)28-17(27)24-9-8-23-12-16(26)25(11-15(23)10-24)14-6-4-13(5-7-14)19(20,21)22/h4-7,15H,8-12H2,1-3H3. The van der Waals surface area contributed by atoms with Crippen LogP contribution in [0.3, 0.4) is 0 Å². The first kappa shape index (κ1) is 20.4. The highest BCUT2D eigenvalue weighted by Crippen LogP contribution is 2.31. The molecule has 0 aliphatic carbocycles. The highest BCUT2D eigenvalue weighted by Gasteiger charge is 2.39. The third kappa shape index (κ3) is 4.57. The summed E-state index contributed by atoms with van der Waals surface area (Å²) in [5.41, 5.74) is -0.925. The second-order valence-corrected chi connectivity index (χ2v) is 8.10. The minimum absolute atomic E-state index is 0.0961. The molecule has 2 amide bonds. The van der Waals surface area contributed by atoms with Crippen LogP contribution in [0.25, 0.3) is 0 Å². The fraction of sp³-hybridized carbons (Fsp3) is 0.579. The van der Waals surface area contributed by atoms with Crippen molar-refractivity contribution >= 4 is 17.7 Å². The monoisotopic (exact) mass is 399 g/mol. The number of piperazine rings is 2. The molecule has 0 spiro atoms. The number of fused-ring (bicyclic) bond motifs is 1. The fourth-order valence-corrected chi connectivity index (χ4v) is 3.42. The Bertz CT molecular complexity index is 744. The Morgan fingerprint density at radius 1 is 1.07 bits per heavy atom. The highest BCUT2D eigenvalue weighted by atomic mass is 19.4. The van der Waals surface area contributed by atoms with E-state index in [2.05, 4.69) is 0 Å². The van der Waals surface area contributed by atoms with Crippen LogP contribution in [-0.2, 0) is 15.7 Å². The smallest absolute Gasteiger partial charge is 0.416 e. The van der Waals surface area contributed by atoms with Gasteiger partial charge < -0.3 is 14.5 Å². The van der Waals surface area contributed by atoms with Crippen LogP contribution in [0.5, 0.6) is 0 Å². The van der Waals surface area contributed by atoms with Gasteiger partial charge in [0, 0.05) is 37.9 Å². The number of carbonyl (C=O) groups excluding carboxylic acids is 2. The summed E-state index contributed by atoms with van der Waals surface area (Å²) in [5, 5.41) is 0. The Labute approximate surface area is 161 Å². The van der Waals surface area contributed by atoms with E-state index in [1.807, 2.05) is 4.90 Å². The van der Waals surface area contributed by atoms with Crippen molar-refractivity contribution in [3.05, 3.63) is 29.8 Å². The average Bonchev–Trinajstić information content (AvgIpc) is 2.58. The van der Waals surface area contributed by atoms with E-state index in [4.69, 9.17) is 4.74 Å². The number of rotatable bonds is 1. The lowest BCUT2D eigenvalue weighted by Crippen LogP contribution is -2.64. The molecule has 1 unspecified atom stereocenters. The lowest BCUT2D eigenvalue weighted by atomic mass is 10.1. The van der Waals surface area contributed by atoms with Gasteiger partial charge >= 0.3 is 12.3 Å². The molecule has 0 aromatic heterocycles. The molecule has 2 heterocycles. The van der Waals surface area contributed by atoms with Gasteiger partial charge in [-0.05, 0) is 45.0 Å². The number of alkyl halides is 3. The van der Waals surface area contributed by atoms with Gasteiger partial charge in [0.25, 0.3) is 0 Å². The first-order valence-corrected chi connectivity index (χ1v) is 9.14. The van der Waals surface area contributed by atoms with Gasteiger partial charge in [0.2, 0.25) is 5.91 Å². The van der Waals surface area contributed by atoms with E-state index >= 15 is 0 Å². The Hall–Kier alpha value is -2.29. The number of halogens is 3. The largest absolute Gasteiger partial charge is 0.444 e. The molecule has 1 aromatic carbocycles. The molecule has 0 radical (unpaired) electrons. The van der Waals surface area contributed by atoms with Crippen LogP contribution in [0.4, 0.5) is 23.7 Å². The van der Waals surface area contributed by atoms with E-state index in [0.29, 0.717) is 31.9 Å². The summed E-state index contributed by atoms with van der Waals surface area (Å²) >= 11 is 0. The van der Waals surface area contributed by atoms with Gasteiger partial charge in [-0.15, -0.1) is 0 Å². The summed E-state index contributed by atoms with van der Waals surface area (Å²) in [5.74, 6) is -0.165. The number of ether oxygens (including phenoxy) is 1. The van der Waals surface area contributed by atoms with Gasteiger partial charge in [0.1, 0.15) is 5.60 Å². The van der Waals surface area contributed by atoms with E-state index in [0.717, 1.165) is 12.1 Å². The molecule has 2 aliphatic heterocycles. The summed E-state index contributed by atoms with van der Waals surface area (Å²) in [6, 6.07) is 4.47. The minimum Gasteiger partial charge on any atom is -0.444 e. The Morgan fingerprint density at radius 3 is 2.29 bits per heavy atom. The summed E-state index contributed by atoms with van der Waals surface area (Å²) < 4.78 is 43.7. The molecular weight excluding hydrogens is 375 g/mol. The van der Waals surface area contributed by atoms with E-state index in [1.165, 1.54) is 17.0 Å². The summed E-state index contributed by atoms with van der Waals surface area (Å²) in [6.07, 6.45) is -4.82. The van der Waals surface area contributed by atoms with Crippen molar-refractivity contribution in [1.82, 2.24) is 9.80 Å². The molecular formula is C19H24F3N3O3. The van der Waals surface area contributed by atoms with Crippen molar-refractivity contribution in [3.63, 3.8) is 0 Å². The molecule has 1 atom stereocenters. The maximum absolute atomic E-state index is 12.8. The van der Waals surface area contributed by atoms with Crippen LogP contribution < -0.4 is 4.90 Å². The Kier molecular flexibility index (Phi) is 5.31. The van der Waals surface area contributed by atoms with Crippen LogP contribution in [0, 0.1) is 0 Å². The molecule has 2 fully saturated rings.